The van der Waals surface area contributed by atoms with Crippen molar-refractivity contribution in [1.82, 2.24) is 14.4 Å². The van der Waals surface area contributed by atoms with Crippen LogP contribution in [0.25, 0.3) is 11.5 Å². The number of aromatic nitrogens is 2. The van der Waals surface area contributed by atoms with Gasteiger partial charge in [-0.1, -0.05) is 17.3 Å². The SMILES string of the molecule is COc1cccc(-c2nc(C3CCN(S(=O)(=O)c4cccc(C#N)c4)CC3)no2)c1. The lowest BCUT2D eigenvalue weighted by Gasteiger charge is -2.29. The van der Waals surface area contributed by atoms with Crippen LogP contribution in [0.1, 0.15) is 30.1 Å². The summed E-state index contributed by atoms with van der Waals surface area (Å²) in [6.07, 6.45) is 1.18. The van der Waals surface area contributed by atoms with E-state index in [1.165, 1.54) is 16.4 Å². The highest BCUT2D eigenvalue weighted by Gasteiger charge is 2.32. The second kappa shape index (κ2) is 8.26. The van der Waals surface area contributed by atoms with Crippen LogP contribution in [0.4, 0.5) is 0 Å². The molecule has 0 atom stereocenters. The van der Waals surface area contributed by atoms with Crippen molar-refractivity contribution in [2.45, 2.75) is 23.7 Å². The van der Waals surface area contributed by atoms with Crippen molar-refractivity contribution in [1.29, 1.82) is 5.26 Å². The summed E-state index contributed by atoms with van der Waals surface area (Å²) in [6.45, 7) is 0.708. The first-order valence-corrected chi connectivity index (χ1v) is 10.9. The Bertz CT molecular complexity index is 1190. The predicted molar refractivity (Wildman–Crippen MR) is 108 cm³/mol. The molecule has 1 aliphatic rings. The maximum Gasteiger partial charge on any atom is 0.258 e. The fourth-order valence-corrected chi connectivity index (χ4v) is 5.02. The highest BCUT2D eigenvalue weighted by atomic mass is 32.2. The average Bonchev–Trinajstić information content (AvgIpc) is 3.29. The number of sulfonamides is 1. The molecule has 1 aliphatic heterocycles. The van der Waals surface area contributed by atoms with Gasteiger partial charge in [0.1, 0.15) is 5.75 Å². The molecule has 0 saturated carbocycles. The lowest BCUT2D eigenvalue weighted by molar-refractivity contribution is 0.307. The molecular formula is C21H20N4O4S. The van der Waals surface area contributed by atoms with Gasteiger partial charge in [0.2, 0.25) is 10.0 Å². The molecule has 1 fully saturated rings. The molecule has 1 aromatic heterocycles. The predicted octanol–water partition coefficient (Wildman–Crippen LogP) is 3.19. The Morgan fingerprint density at radius 3 is 2.67 bits per heavy atom. The minimum Gasteiger partial charge on any atom is -0.497 e. The van der Waals surface area contributed by atoms with Crippen LogP contribution in [0, 0.1) is 11.3 Å². The van der Waals surface area contributed by atoms with E-state index in [1.807, 2.05) is 30.3 Å². The van der Waals surface area contributed by atoms with E-state index in [1.54, 1.807) is 19.2 Å². The minimum absolute atomic E-state index is 0.0185. The topological polar surface area (TPSA) is 109 Å². The van der Waals surface area contributed by atoms with E-state index in [4.69, 9.17) is 14.5 Å². The summed E-state index contributed by atoms with van der Waals surface area (Å²) in [5, 5.41) is 13.1. The average molecular weight is 424 g/mol. The number of nitriles is 1. The van der Waals surface area contributed by atoms with E-state index < -0.39 is 10.0 Å². The van der Waals surface area contributed by atoms with Gasteiger partial charge in [0, 0.05) is 24.6 Å². The van der Waals surface area contributed by atoms with Gasteiger partial charge in [-0.05, 0) is 49.2 Å². The second-order valence-corrected chi connectivity index (χ2v) is 8.95. The van der Waals surface area contributed by atoms with Crippen LogP contribution < -0.4 is 4.74 Å². The van der Waals surface area contributed by atoms with E-state index in [0.29, 0.717) is 49.0 Å². The molecular weight excluding hydrogens is 404 g/mol. The van der Waals surface area contributed by atoms with E-state index in [2.05, 4.69) is 10.1 Å². The molecule has 0 spiro atoms. The van der Waals surface area contributed by atoms with Crippen molar-refractivity contribution in [3.05, 3.63) is 59.9 Å². The zero-order valence-corrected chi connectivity index (χ0v) is 17.2. The summed E-state index contributed by atoms with van der Waals surface area (Å²) in [7, 11) is -2.05. The van der Waals surface area contributed by atoms with Crippen molar-refractivity contribution in [3.8, 4) is 23.3 Å². The van der Waals surface area contributed by atoms with Crippen molar-refractivity contribution >= 4 is 10.0 Å². The molecule has 1 saturated heterocycles. The van der Waals surface area contributed by atoms with Gasteiger partial charge in [-0.15, -0.1) is 0 Å². The number of piperidine rings is 1. The van der Waals surface area contributed by atoms with Crippen molar-refractivity contribution in [2.24, 2.45) is 0 Å². The van der Waals surface area contributed by atoms with Gasteiger partial charge in [-0.2, -0.15) is 14.6 Å². The molecule has 0 bridgehead atoms. The minimum atomic E-state index is -3.64. The molecule has 3 aromatic rings. The molecule has 30 heavy (non-hydrogen) atoms. The van der Waals surface area contributed by atoms with Crippen LogP contribution in [0.15, 0.2) is 57.9 Å². The molecule has 154 valence electrons. The van der Waals surface area contributed by atoms with Crippen LogP contribution in [0.2, 0.25) is 0 Å². The van der Waals surface area contributed by atoms with E-state index in [0.717, 1.165) is 5.56 Å². The highest BCUT2D eigenvalue weighted by molar-refractivity contribution is 7.89. The van der Waals surface area contributed by atoms with Gasteiger partial charge < -0.3 is 9.26 Å². The summed E-state index contributed by atoms with van der Waals surface area (Å²) < 4.78 is 37.9. The molecule has 0 radical (unpaired) electrons. The number of benzene rings is 2. The first-order valence-electron chi connectivity index (χ1n) is 9.49. The Hall–Kier alpha value is -3.22. The van der Waals surface area contributed by atoms with Crippen LogP contribution >= 0.6 is 0 Å². The Balaban J connectivity index is 1.46. The van der Waals surface area contributed by atoms with Crippen LogP contribution in [-0.2, 0) is 10.0 Å². The maximum absolute atomic E-state index is 12.9. The molecule has 0 aliphatic carbocycles. The molecule has 9 heteroatoms. The van der Waals surface area contributed by atoms with Crippen LogP contribution in [0.5, 0.6) is 5.75 Å². The molecule has 0 amide bonds. The van der Waals surface area contributed by atoms with Crippen molar-refractivity contribution < 1.29 is 17.7 Å². The molecule has 0 unspecified atom stereocenters. The number of nitrogens with zero attached hydrogens (tertiary/aromatic N) is 4. The van der Waals surface area contributed by atoms with E-state index in [9.17, 15) is 8.42 Å². The maximum atomic E-state index is 12.9. The number of rotatable bonds is 5. The summed E-state index contributed by atoms with van der Waals surface area (Å²) in [5.41, 5.74) is 1.09. The normalized spacial score (nSPS) is 15.6. The van der Waals surface area contributed by atoms with Gasteiger partial charge in [-0.3, -0.25) is 0 Å². The Morgan fingerprint density at radius 1 is 1.17 bits per heavy atom. The zero-order chi connectivity index (χ0) is 21.1. The molecule has 4 rings (SSSR count). The van der Waals surface area contributed by atoms with Crippen LogP contribution in [-0.4, -0.2) is 43.1 Å². The summed E-state index contributed by atoms with van der Waals surface area (Å²) in [6, 6.07) is 15.4. The third-order valence-electron chi connectivity index (χ3n) is 5.18. The Labute approximate surface area is 174 Å². The summed E-state index contributed by atoms with van der Waals surface area (Å²) in [5.74, 6) is 1.71. The second-order valence-electron chi connectivity index (χ2n) is 7.01. The smallest absolute Gasteiger partial charge is 0.258 e. The van der Waals surface area contributed by atoms with E-state index in [-0.39, 0.29) is 10.8 Å². The van der Waals surface area contributed by atoms with Crippen LogP contribution in [0.3, 0.4) is 0 Å². The number of methoxy groups -OCH3 is 1. The largest absolute Gasteiger partial charge is 0.497 e. The number of hydrogen-bond acceptors (Lipinski definition) is 7. The third-order valence-corrected chi connectivity index (χ3v) is 7.07. The monoisotopic (exact) mass is 424 g/mol. The summed E-state index contributed by atoms with van der Waals surface area (Å²) >= 11 is 0. The van der Waals surface area contributed by atoms with Crippen molar-refractivity contribution in [2.75, 3.05) is 20.2 Å². The molecule has 2 heterocycles. The van der Waals surface area contributed by atoms with Gasteiger partial charge in [0.15, 0.2) is 5.82 Å². The molecule has 2 aromatic carbocycles. The fourth-order valence-electron chi connectivity index (χ4n) is 3.50. The van der Waals surface area contributed by atoms with Gasteiger partial charge in [0.05, 0.1) is 23.6 Å². The highest BCUT2D eigenvalue weighted by Crippen LogP contribution is 2.31. The summed E-state index contributed by atoms with van der Waals surface area (Å²) in [4.78, 5) is 4.65. The molecule has 8 nitrogen and oxygen atoms in total. The van der Waals surface area contributed by atoms with E-state index >= 15 is 0 Å². The first kappa shape index (κ1) is 20.1. The Kier molecular flexibility index (Phi) is 5.53. The van der Waals surface area contributed by atoms with Crippen molar-refractivity contribution in [3.63, 3.8) is 0 Å². The van der Waals surface area contributed by atoms with Gasteiger partial charge in [-0.25, -0.2) is 8.42 Å². The lowest BCUT2D eigenvalue weighted by atomic mass is 9.97. The Morgan fingerprint density at radius 2 is 1.93 bits per heavy atom. The first-order chi connectivity index (χ1) is 14.5. The number of ether oxygens (including phenoxy) is 1. The zero-order valence-electron chi connectivity index (χ0n) is 16.4. The van der Waals surface area contributed by atoms with Gasteiger partial charge >= 0.3 is 0 Å². The fraction of sp³-hybridized carbons (Fsp3) is 0.286. The standard InChI is InChI=1S/C21H20N4O4S/c1-28-18-6-3-5-17(13-18)21-23-20(24-29-21)16-8-10-25(11-9-16)30(26,27)19-7-2-4-15(12-19)14-22/h2-7,12-13,16H,8-11H2,1H3. The quantitative estimate of drug-likeness (QED) is 0.619. The third kappa shape index (κ3) is 3.92. The lowest BCUT2D eigenvalue weighted by Crippen LogP contribution is -2.38. The number of hydrogen-bond donors (Lipinski definition) is 0. The van der Waals surface area contributed by atoms with Gasteiger partial charge in [0.25, 0.3) is 5.89 Å². The molecule has 0 N–H and O–H groups in total.